The molecule has 0 saturated carbocycles. The number of carbonyl (C=O) groups excluding carboxylic acids is 3. The molecular weight excluding hydrogens is 392 g/mol. The zero-order valence-corrected chi connectivity index (χ0v) is 20.3. The van der Waals surface area contributed by atoms with Crippen molar-refractivity contribution in [2.75, 3.05) is 6.61 Å². The van der Waals surface area contributed by atoms with Gasteiger partial charge in [0, 0.05) is 12.2 Å². The zero-order valence-electron chi connectivity index (χ0n) is 20.3. The van der Waals surface area contributed by atoms with Crippen molar-refractivity contribution in [1.82, 2.24) is 0 Å². The fraction of sp³-hybridized carbons (Fsp3) is 0.808. The molecule has 0 aromatic rings. The van der Waals surface area contributed by atoms with Crippen LogP contribution in [0.15, 0.2) is 12.2 Å². The molecule has 1 unspecified atom stereocenters. The van der Waals surface area contributed by atoms with Gasteiger partial charge in [0.25, 0.3) is 0 Å². The van der Waals surface area contributed by atoms with Crippen molar-refractivity contribution >= 4 is 17.7 Å². The third-order valence-electron chi connectivity index (χ3n) is 5.46. The van der Waals surface area contributed by atoms with Crippen LogP contribution in [0.2, 0.25) is 0 Å². The number of ether oxygens (including phenoxy) is 2. The van der Waals surface area contributed by atoms with Crippen molar-refractivity contribution in [3.8, 4) is 0 Å². The molecule has 0 saturated heterocycles. The van der Waals surface area contributed by atoms with E-state index in [2.05, 4.69) is 6.92 Å². The SMILES string of the molecule is CCCCCCCCCCCCCCCCCCOC(=O)/C=C/C(=O)OC(C)C(C)=O. The van der Waals surface area contributed by atoms with E-state index < -0.39 is 18.0 Å². The van der Waals surface area contributed by atoms with Crippen LogP contribution >= 0.6 is 0 Å². The molecule has 0 rings (SSSR count). The van der Waals surface area contributed by atoms with E-state index in [9.17, 15) is 14.4 Å². The first kappa shape index (κ1) is 29.4. The quantitative estimate of drug-likeness (QED) is 0.111. The summed E-state index contributed by atoms with van der Waals surface area (Å²) in [6, 6.07) is 0. The van der Waals surface area contributed by atoms with Crippen molar-refractivity contribution in [1.29, 1.82) is 0 Å². The summed E-state index contributed by atoms with van der Waals surface area (Å²) in [5, 5.41) is 0. The molecule has 5 nitrogen and oxygen atoms in total. The van der Waals surface area contributed by atoms with Crippen LogP contribution in [0.1, 0.15) is 124 Å². The van der Waals surface area contributed by atoms with E-state index in [1.807, 2.05) is 0 Å². The van der Waals surface area contributed by atoms with E-state index in [4.69, 9.17) is 9.47 Å². The summed E-state index contributed by atoms with van der Waals surface area (Å²) in [5.74, 6) is -1.52. The monoisotopic (exact) mass is 438 g/mol. The highest BCUT2D eigenvalue weighted by Crippen LogP contribution is 2.13. The van der Waals surface area contributed by atoms with Gasteiger partial charge in [0.2, 0.25) is 0 Å². The van der Waals surface area contributed by atoms with Crippen LogP contribution < -0.4 is 0 Å². The number of hydrogen-bond acceptors (Lipinski definition) is 5. The highest BCUT2D eigenvalue weighted by Gasteiger charge is 2.11. The highest BCUT2D eigenvalue weighted by atomic mass is 16.5. The Morgan fingerprint density at radius 2 is 1.03 bits per heavy atom. The molecule has 180 valence electrons. The molecule has 0 aliphatic rings. The molecule has 0 heterocycles. The van der Waals surface area contributed by atoms with Gasteiger partial charge in [0.05, 0.1) is 6.61 Å². The average Bonchev–Trinajstić information content (AvgIpc) is 2.74. The van der Waals surface area contributed by atoms with Crippen LogP contribution in [0, 0.1) is 0 Å². The van der Waals surface area contributed by atoms with Gasteiger partial charge in [-0.15, -0.1) is 0 Å². The van der Waals surface area contributed by atoms with Gasteiger partial charge in [0.1, 0.15) is 0 Å². The van der Waals surface area contributed by atoms with Crippen molar-refractivity contribution in [2.45, 2.75) is 130 Å². The second-order valence-electron chi connectivity index (χ2n) is 8.49. The lowest BCUT2D eigenvalue weighted by Gasteiger charge is -2.07. The third kappa shape index (κ3) is 21.4. The second kappa shape index (κ2) is 21.6. The Labute approximate surface area is 190 Å². The molecule has 0 spiro atoms. The van der Waals surface area contributed by atoms with E-state index in [0.717, 1.165) is 25.0 Å². The van der Waals surface area contributed by atoms with E-state index >= 15 is 0 Å². The fourth-order valence-corrected chi connectivity index (χ4v) is 3.30. The minimum absolute atomic E-state index is 0.243. The summed E-state index contributed by atoms with van der Waals surface area (Å²) in [6.45, 7) is 5.46. The second-order valence-corrected chi connectivity index (χ2v) is 8.49. The summed E-state index contributed by atoms with van der Waals surface area (Å²) in [4.78, 5) is 34.0. The Morgan fingerprint density at radius 3 is 1.45 bits per heavy atom. The van der Waals surface area contributed by atoms with Gasteiger partial charge in [-0.2, -0.15) is 0 Å². The van der Waals surface area contributed by atoms with Crippen LogP contribution in [0.3, 0.4) is 0 Å². The first-order chi connectivity index (χ1) is 15.0. The first-order valence-corrected chi connectivity index (χ1v) is 12.5. The van der Waals surface area contributed by atoms with Gasteiger partial charge in [-0.3, -0.25) is 4.79 Å². The first-order valence-electron chi connectivity index (χ1n) is 12.5. The molecule has 1 atom stereocenters. The normalized spacial score (nSPS) is 12.1. The molecule has 0 aromatic carbocycles. The van der Waals surface area contributed by atoms with Gasteiger partial charge >= 0.3 is 11.9 Å². The summed E-state index contributed by atoms with van der Waals surface area (Å²) >= 11 is 0. The van der Waals surface area contributed by atoms with Crippen LogP contribution in [-0.4, -0.2) is 30.4 Å². The maximum atomic E-state index is 11.5. The Balaban J connectivity index is 3.37. The molecule has 0 N–H and O–H groups in total. The Morgan fingerprint density at radius 1 is 0.645 bits per heavy atom. The summed E-state index contributed by atoms with van der Waals surface area (Å²) in [6.07, 6.45) is 22.0. The third-order valence-corrected chi connectivity index (χ3v) is 5.46. The molecule has 5 heteroatoms. The number of unbranched alkanes of at least 4 members (excludes halogenated alkanes) is 15. The summed E-state index contributed by atoms with van der Waals surface area (Å²) < 4.78 is 9.88. The largest absolute Gasteiger partial charge is 0.463 e. The lowest BCUT2D eigenvalue weighted by molar-refractivity contribution is -0.148. The number of Topliss-reactive ketones (excluding diaryl/α,β-unsaturated/α-hetero) is 1. The molecule has 0 radical (unpaired) electrons. The highest BCUT2D eigenvalue weighted by molar-refractivity contribution is 5.93. The van der Waals surface area contributed by atoms with Crippen molar-refractivity contribution in [2.24, 2.45) is 0 Å². The molecule has 0 fully saturated rings. The van der Waals surface area contributed by atoms with Crippen molar-refractivity contribution < 1.29 is 23.9 Å². The van der Waals surface area contributed by atoms with Crippen LogP contribution in [0.5, 0.6) is 0 Å². The fourth-order valence-electron chi connectivity index (χ4n) is 3.30. The van der Waals surface area contributed by atoms with Crippen molar-refractivity contribution in [3.05, 3.63) is 12.2 Å². The predicted octanol–water partition coefficient (Wildman–Crippen LogP) is 6.87. The Kier molecular flexibility index (Phi) is 20.4. The van der Waals surface area contributed by atoms with E-state index in [1.54, 1.807) is 0 Å². The van der Waals surface area contributed by atoms with Gasteiger partial charge in [-0.1, -0.05) is 103 Å². The number of rotatable bonds is 21. The molecule has 31 heavy (non-hydrogen) atoms. The van der Waals surface area contributed by atoms with Crippen LogP contribution in [0.25, 0.3) is 0 Å². The molecule has 0 aliphatic carbocycles. The number of carbonyl (C=O) groups is 3. The summed E-state index contributed by atoms with van der Waals surface area (Å²) in [7, 11) is 0. The lowest BCUT2D eigenvalue weighted by atomic mass is 10.0. The van der Waals surface area contributed by atoms with Crippen LogP contribution in [0.4, 0.5) is 0 Å². The molecule has 0 bridgehead atoms. The molecular formula is C26H46O5. The van der Waals surface area contributed by atoms with E-state index in [0.29, 0.717) is 6.61 Å². The van der Waals surface area contributed by atoms with E-state index in [-0.39, 0.29) is 5.78 Å². The minimum atomic E-state index is -0.807. The maximum Gasteiger partial charge on any atom is 0.331 e. The standard InChI is InChI=1S/C26H46O5/c1-4-5-6-7-8-9-10-11-12-13-14-15-16-17-18-19-22-30-25(28)20-21-26(29)31-24(3)23(2)27/h20-21,24H,4-19,22H2,1-3H3/b21-20+. The number of hydrogen-bond donors (Lipinski definition) is 0. The van der Waals surface area contributed by atoms with Crippen LogP contribution in [-0.2, 0) is 23.9 Å². The maximum absolute atomic E-state index is 11.5. The van der Waals surface area contributed by atoms with Gasteiger partial charge in [0.15, 0.2) is 11.9 Å². The van der Waals surface area contributed by atoms with E-state index in [1.165, 1.54) is 104 Å². The molecule has 0 aliphatic heterocycles. The van der Waals surface area contributed by atoms with Gasteiger partial charge < -0.3 is 9.47 Å². The Bertz CT molecular complexity index is 498. The zero-order chi connectivity index (χ0) is 23.2. The lowest BCUT2D eigenvalue weighted by Crippen LogP contribution is -2.20. The molecule has 0 amide bonds. The smallest absolute Gasteiger partial charge is 0.331 e. The predicted molar refractivity (Wildman–Crippen MR) is 126 cm³/mol. The van der Waals surface area contributed by atoms with Crippen molar-refractivity contribution in [3.63, 3.8) is 0 Å². The molecule has 0 aromatic heterocycles. The minimum Gasteiger partial charge on any atom is -0.463 e. The topological polar surface area (TPSA) is 69.7 Å². The Hall–Kier alpha value is -1.65. The van der Waals surface area contributed by atoms with Gasteiger partial charge in [-0.25, -0.2) is 9.59 Å². The average molecular weight is 439 g/mol. The summed E-state index contributed by atoms with van der Waals surface area (Å²) in [5.41, 5.74) is 0. The van der Waals surface area contributed by atoms with Gasteiger partial charge in [-0.05, 0) is 20.3 Å². The number of esters is 2. The number of ketones is 1.